The Hall–Kier alpha value is -0.620. The summed E-state index contributed by atoms with van der Waals surface area (Å²) in [6.45, 7) is 2.63. The number of halogens is 1. The summed E-state index contributed by atoms with van der Waals surface area (Å²) in [6.07, 6.45) is 2.44. The molecule has 86 valence electrons. The number of hydrogen-bond acceptors (Lipinski definition) is 2. The van der Waals surface area contributed by atoms with E-state index < -0.39 is 0 Å². The number of nitrogens with one attached hydrogen (secondary N) is 1. The van der Waals surface area contributed by atoms with Gasteiger partial charge in [0, 0.05) is 3.57 Å². The van der Waals surface area contributed by atoms with E-state index in [1.165, 1.54) is 12.8 Å². The van der Waals surface area contributed by atoms with Gasteiger partial charge < -0.3 is 5.32 Å². The third-order valence-electron chi connectivity index (χ3n) is 2.71. The van der Waals surface area contributed by atoms with Gasteiger partial charge in [0.25, 0.3) is 0 Å². The Morgan fingerprint density at radius 3 is 2.69 bits per heavy atom. The lowest BCUT2D eigenvalue weighted by Gasteiger charge is -2.14. The van der Waals surface area contributed by atoms with Gasteiger partial charge in [-0.3, -0.25) is 9.69 Å². The molecule has 1 amide bonds. The second-order valence-electron chi connectivity index (χ2n) is 4.01. The van der Waals surface area contributed by atoms with E-state index in [1.807, 2.05) is 24.3 Å². The Balaban J connectivity index is 1.89. The number of benzene rings is 1. The zero-order chi connectivity index (χ0) is 11.4. The number of amides is 1. The van der Waals surface area contributed by atoms with E-state index in [-0.39, 0.29) is 5.91 Å². The number of carbonyl (C=O) groups excluding carboxylic acids is 1. The molecule has 0 spiro atoms. The highest BCUT2D eigenvalue weighted by atomic mass is 127. The van der Waals surface area contributed by atoms with Crippen LogP contribution in [0.4, 0.5) is 5.69 Å². The van der Waals surface area contributed by atoms with Crippen LogP contribution in [0.25, 0.3) is 0 Å². The first-order valence-corrected chi connectivity index (χ1v) is 6.60. The fourth-order valence-corrected chi connectivity index (χ4v) is 2.42. The predicted octanol–water partition coefficient (Wildman–Crippen LogP) is 2.33. The van der Waals surface area contributed by atoms with E-state index in [1.54, 1.807) is 0 Å². The van der Waals surface area contributed by atoms with Gasteiger partial charge >= 0.3 is 0 Å². The van der Waals surface area contributed by atoms with Crippen LogP contribution in [0.15, 0.2) is 24.3 Å². The summed E-state index contributed by atoms with van der Waals surface area (Å²) in [5.74, 6) is 0.0889. The maximum Gasteiger partial charge on any atom is 0.238 e. The Morgan fingerprint density at radius 1 is 1.31 bits per heavy atom. The predicted molar refractivity (Wildman–Crippen MR) is 73.5 cm³/mol. The monoisotopic (exact) mass is 330 g/mol. The minimum atomic E-state index is 0.0889. The average Bonchev–Trinajstić information content (AvgIpc) is 2.74. The minimum absolute atomic E-state index is 0.0889. The molecule has 0 bridgehead atoms. The molecule has 0 unspecified atom stereocenters. The summed E-state index contributed by atoms with van der Waals surface area (Å²) in [4.78, 5) is 14.0. The highest BCUT2D eigenvalue weighted by Gasteiger charge is 2.15. The lowest BCUT2D eigenvalue weighted by atomic mass is 10.3. The number of nitrogens with zero attached hydrogens (tertiary/aromatic N) is 1. The Labute approximate surface area is 109 Å². The fraction of sp³-hybridized carbons (Fsp3) is 0.417. The quantitative estimate of drug-likeness (QED) is 0.863. The van der Waals surface area contributed by atoms with Crippen LogP contribution >= 0.6 is 22.6 Å². The molecular formula is C12H15IN2O. The molecule has 2 rings (SSSR count). The Kier molecular flexibility index (Phi) is 4.17. The van der Waals surface area contributed by atoms with E-state index >= 15 is 0 Å². The molecule has 1 N–H and O–H groups in total. The molecule has 0 aliphatic carbocycles. The van der Waals surface area contributed by atoms with Gasteiger partial charge in [-0.05, 0) is 60.7 Å². The number of rotatable bonds is 3. The van der Waals surface area contributed by atoms with Crippen LogP contribution in [-0.2, 0) is 4.79 Å². The third kappa shape index (κ3) is 3.18. The molecule has 3 nitrogen and oxygen atoms in total. The van der Waals surface area contributed by atoms with Crippen LogP contribution in [0, 0.1) is 3.57 Å². The maximum atomic E-state index is 11.8. The zero-order valence-electron chi connectivity index (χ0n) is 9.08. The van der Waals surface area contributed by atoms with Crippen molar-refractivity contribution in [2.45, 2.75) is 12.8 Å². The van der Waals surface area contributed by atoms with E-state index in [4.69, 9.17) is 0 Å². The molecule has 1 aromatic carbocycles. The molecule has 1 aliphatic rings. The van der Waals surface area contributed by atoms with Crippen molar-refractivity contribution in [3.05, 3.63) is 27.8 Å². The summed E-state index contributed by atoms with van der Waals surface area (Å²) in [7, 11) is 0. The van der Waals surface area contributed by atoms with Crippen molar-refractivity contribution in [1.29, 1.82) is 0 Å². The van der Waals surface area contributed by atoms with E-state index in [0.717, 1.165) is 22.3 Å². The second kappa shape index (κ2) is 5.63. The maximum absolute atomic E-state index is 11.8. The molecule has 16 heavy (non-hydrogen) atoms. The molecule has 1 aromatic rings. The molecule has 1 saturated heterocycles. The van der Waals surface area contributed by atoms with Gasteiger partial charge in [0.15, 0.2) is 0 Å². The second-order valence-corrected chi connectivity index (χ2v) is 5.17. The highest BCUT2D eigenvalue weighted by Crippen LogP contribution is 2.17. The van der Waals surface area contributed by atoms with Gasteiger partial charge in [-0.2, -0.15) is 0 Å². The standard InChI is InChI=1S/C12H15IN2O/c13-10-5-1-2-6-11(10)14-12(16)9-15-7-3-4-8-15/h1-2,5-6H,3-4,7-9H2,(H,14,16). The van der Waals surface area contributed by atoms with Gasteiger partial charge in [0.1, 0.15) is 0 Å². The lowest BCUT2D eigenvalue weighted by Crippen LogP contribution is -2.31. The minimum Gasteiger partial charge on any atom is -0.324 e. The first kappa shape index (κ1) is 11.9. The van der Waals surface area contributed by atoms with Gasteiger partial charge in [-0.15, -0.1) is 0 Å². The summed E-state index contributed by atoms with van der Waals surface area (Å²) in [5, 5.41) is 2.95. The van der Waals surface area contributed by atoms with Crippen LogP contribution in [0.5, 0.6) is 0 Å². The topological polar surface area (TPSA) is 32.3 Å². The van der Waals surface area contributed by atoms with Crippen molar-refractivity contribution in [3.8, 4) is 0 Å². The molecule has 0 aromatic heterocycles. The van der Waals surface area contributed by atoms with Gasteiger partial charge in [-0.1, -0.05) is 12.1 Å². The number of likely N-dealkylation sites (tertiary alicyclic amines) is 1. The van der Waals surface area contributed by atoms with Crippen LogP contribution in [0.2, 0.25) is 0 Å². The first-order chi connectivity index (χ1) is 7.75. The molecular weight excluding hydrogens is 315 g/mol. The molecule has 0 saturated carbocycles. The van der Waals surface area contributed by atoms with Crippen molar-refractivity contribution in [3.63, 3.8) is 0 Å². The largest absolute Gasteiger partial charge is 0.324 e. The van der Waals surface area contributed by atoms with Crippen molar-refractivity contribution >= 4 is 34.2 Å². The SMILES string of the molecule is O=C(CN1CCCC1)Nc1ccccc1I. The fourth-order valence-electron chi connectivity index (χ4n) is 1.90. The number of para-hydroxylation sites is 1. The molecule has 1 aliphatic heterocycles. The lowest BCUT2D eigenvalue weighted by molar-refractivity contribution is -0.117. The zero-order valence-corrected chi connectivity index (χ0v) is 11.2. The number of anilines is 1. The molecule has 1 heterocycles. The highest BCUT2D eigenvalue weighted by molar-refractivity contribution is 14.1. The van der Waals surface area contributed by atoms with Crippen molar-refractivity contribution in [1.82, 2.24) is 4.90 Å². The van der Waals surface area contributed by atoms with Gasteiger partial charge in [0.2, 0.25) is 5.91 Å². The molecule has 4 heteroatoms. The first-order valence-electron chi connectivity index (χ1n) is 5.52. The molecule has 1 fully saturated rings. The summed E-state index contributed by atoms with van der Waals surface area (Å²) in [5.41, 5.74) is 0.910. The van der Waals surface area contributed by atoms with E-state index in [2.05, 4.69) is 32.8 Å². The van der Waals surface area contributed by atoms with Crippen LogP contribution in [-0.4, -0.2) is 30.4 Å². The average molecular weight is 330 g/mol. The van der Waals surface area contributed by atoms with Crippen LogP contribution in [0.1, 0.15) is 12.8 Å². The van der Waals surface area contributed by atoms with Gasteiger partial charge in [-0.25, -0.2) is 0 Å². The van der Waals surface area contributed by atoms with Crippen LogP contribution < -0.4 is 5.32 Å². The third-order valence-corrected chi connectivity index (χ3v) is 3.65. The molecule has 0 atom stereocenters. The Bertz CT molecular complexity index is 375. The summed E-state index contributed by atoms with van der Waals surface area (Å²) >= 11 is 2.23. The van der Waals surface area contributed by atoms with E-state index in [0.29, 0.717) is 6.54 Å². The number of hydrogen-bond donors (Lipinski definition) is 1. The van der Waals surface area contributed by atoms with Gasteiger partial charge in [0.05, 0.1) is 12.2 Å². The van der Waals surface area contributed by atoms with E-state index in [9.17, 15) is 4.79 Å². The summed E-state index contributed by atoms with van der Waals surface area (Å²) in [6, 6.07) is 7.83. The van der Waals surface area contributed by atoms with Crippen molar-refractivity contribution in [2.75, 3.05) is 25.0 Å². The van der Waals surface area contributed by atoms with Crippen molar-refractivity contribution < 1.29 is 4.79 Å². The Morgan fingerprint density at radius 2 is 2.00 bits per heavy atom. The summed E-state index contributed by atoms with van der Waals surface area (Å²) < 4.78 is 1.08. The van der Waals surface area contributed by atoms with Crippen molar-refractivity contribution in [2.24, 2.45) is 0 Å². The molecule has 0 radical (unpaired) electrons. The van der Waals surface area contributed by atoms with Crippen LogP contribution in [0.3, 0.4) is 0 Å². The normalized spacial score (nSPS) is 16.3. The smallest absolute Gasteiger partial charge is 0.238 e. The number of carbonyl (C=O) groups is 1.